The van der Waals surface area contributed by atoms with E-state index in [1.807, 2.05) is 0 Å². The number of unbranched alkanes of at least 4 members (excludes halogenated alkanes) is 7. The van der Waals surface area contributed by atoms with E-state index in [-0.39, 0.29) is 0 Å². The Hall–Kier alpha value is -0.790. The van der Waals surface area contributed by atoms with Crippen LogP contribution in [0.5, 0.6) is 0 Å². The highest BCUT2D eigenvalue weighted by molar-refractivity contribution is 5.79. The van der Waals surface area contributed by atoms with E-state index in [9.17, 15) is 4.79 Å². The first-order valence-corrected chi connectivity index (χ1v) is 8.06. The van der Waals surface area contributed by atoms with E-state index in [0.29, 0.717) is 0 Å². The van der Waals surface area contributed by atoms with Gasteiger partial charge in [-0.15, -0.1) is 0 Å². The zero-order valence-corrected chi connectivity index (χ0v) is 12.9. The van der Waals surface area contributed by atoms with Gasteiger partial charge in [0.25, 0.3) is 0 Å². The predicted molar refractivity (Wildman–Crippen MR) is 82.4 cm³/mol. The molecule has 1 unspecified atom stereocenters. The fourth-order valence-electron chi connectivity index (χ4n) is 2.36. The lowest BCUT2D eigenvalue weighted by Crippen LogP contribution is -1.94. The summed E-state index contributed by atoms with van der Waals surface area (Å²) >= 11 is 0. The van der Waals surface area contributed by atoms with Gasteiger partial charge in [0.2, 0.25) is 0 Å². The molecule has 0 aromatic carbocycles. The summed E-state index contributed by atoms with van der Waals surface area (Å²) in [5, 5.41) is 8.43. The largest absolute Gasteiger partial charge is 0.478 e. The Morgan fingerprint density at radius 2 is 1.58 bits per heavy atom. The van der Waals surface area contributed by atoms with Gasteiger partial charge in [-0.2, -0.15) is 0 Å². The quantitative estimate of drug-likeness (QED) is 0.350. The molecule has 19 heavy (non-hydrogen) atoms. The van der Waals surface area contributed by atoms with Crippen LogP contribution < -0.4 is 0 Å². The molecule has 2 heteroatoms. The van der Waals surface area contributed by atoms with E-state index in [4.69, 9.17) is 5.11 Å². The number of carboxylic acid groups (broad SMARTS) is 1. The Kier molecular flexibility index (Phi) is 13.1. The molecule has 0 rings (SSSR count). The summed E-state index contributed by atoms with van der Waals surface area (Å²) in [4.78, 5) is 10.2. The zero-order chi connectivity index (χ0) is 14.3. The molecule has 0 fully saturated rings. The van der Waals surface area contributed by atoms with Crippen LogP contribution in [0.15, 0.2) is 12.2 Å². The molecule has 1 N–H and O–H groups in total. The summed E-state index contributed by atoms with van der Waals surface area (Å²) in [6.07, 6.45) is 17.1. The minimum Gasteiger partial charge on any atom is -0.478 e. The fourth-order valence-corrected chi connectivity index (χ4v) is 2.36. The molecular weight excluding hydrogens is 236 g/mol. The van der Waals surface area contributed by atoms with E-state index in [1.54, 1.807) is 6.08 Å². The van der Waals surface area contributed by atoms with Gasteiger partial charge >= 0.3 is 5.97 Å². The standard InChI is InChI=1S/C17H32O2/c1-3-4-10-13-16(2)14-11-8-6-5-7-9-12-15-17(18)19/h12,15-16H,3-11,13-14H2,1-2H3,(H,18,19). The van der Waals surface area contributed by atoms with Crippen molar-refractivity contribution in [3.8, 4) is 0 Å². The van der Waals surface area contributed by atoms with Crippen molar-refractivity contribution < 1.29 is 9.90 Å². The Morgan fingerprint density at radius 1 is 1.00 bits per heavy atom. The summed E-state index contributed by atoms with van der Waals surface area (Å²) in [7, 11) is 0. The van der Waals surface area contributed by atoms with Crippen LogP contribution in [-0.2, 0) is 4.79 Å². The van der Waals surface area contributed by atoms with Crippen LogP contribution in [0.25, 0.3) is 0 Å². The van der Waals surface area contributed by atoms with Gasteiger partial charge in [0, 0.05) is 6.08 Å². The van der Waals surface area contributed by atoms with Crippen LogP contribution in [0.3, 0.4) is 0 Å². The van der Waals surface area contributed by atoms with Crippen molar-refractivity contribution in [2.75, 3.05) is 0 Å². The molecule has 0 saturated heterocycles. The zero-order valence-electron chi connectivity index (χ0n) is 12.9. The second-order valence-corrected chi connectivity index (χ2v) is 5.69. The van der Waals surface area contributed by atoms with Gasteiger partial charge in [-0.05, 0) is 18.8 Å². The highest BCUT2D eigenvalue weighted by atomic mass is 16.4. The first-order valence-electron chi connectivity index (χ1n) is 8.06. The van der Waals surface area contributed by atoms with Gasteiger partial charge in [0.15, 0.2) is 0 Å². The minimum atomic E-state index is -0.836. The molecule has 0 saturated carbocycles. The Bertz CT molecular complexity index is 233. The van der Waals surface area contributed by atoms with Gasteiger partial charge in [-0.1, -0.05) is 77.7 Å². The van der Waals surface area contributed by atoms with Crippen molar-refractivity contribution in [2.45, 2.75) is 84.5 Å². The fraction of sp³-hybridized carbons (Fsp3) is 0.824. The summed E-state index contributed by atoms with van der Waals surface area (Å²) in [5.74, 6) is 0.0575. The van der Waals surface area contributed by atoms with Crippen LogP contribution in [0.2, 0.25) is 0 Å². The number of rotatable bonds is 13. The minimum absolute atomic E-state index is 0.836. The van der Waals surface area contributed by atoms with Gasteiger partial charge in [0.05, 0.1) is 0 Å². The third-order valence-corrected chi connectivity index (χ3v) is 3.63. The SMILES string of the molecule is CCCCCC(C)CCCCCCCC=CC(=O)O. The van der Waals surface area contributed by atoms with E-state index in [1.165, 1.54) is 63.9 Å². The summed E-state index contributed by atoms with van der Waals surface area (Å²) in [6, 6.07) is 0. The number of allylic oxidation sites excluding steroid dienone is 1. The van der Waals surface area contributed by atoms with E-state index in [0.717, 1.165) is 18.8 Å². The number of hydrogen-bond acceptors (Lipinski definition) is 1. The average molecular weight is 268 g/mol. The van der Waals surface area contributed by atoms with Crippen LogP contribution in [0.1, 0.15) is 84.5 Å². The van der Waals surface area contributed by atoms with Crippen molar-refractivity contribution in [1.82, 2.24) is 0 Å². The second-order valence-electron chi connectivity index (χ2n) is 5.69. The maximum absolute atomic E-state index is 10.2. The Balaban J connectivity index is 3.19. The summed E-state index contributed by atoms with van der Waals surface area (Å²) in [5.41, 5.74) is 0. The van der Waals surface area contributed by atoms with Crippen molar-refractivity contribution >= 4 is 5.97 Å². The molecule has 1 atom stereocenters. The highest BCUT2D eigenvalue weighted by Crippen LogP contribution is 2.17. The molecule has 0 amide bonds. The molecule has 0 aromatic heterocycles. The molecule has 0 bridgehead atoms. The predicted octanol–water partition coefficient (Wildman–Crippen LogP) is 5.57. The average Bonchev–Trinajstić information content (AvgIpc) is 2.36. The molecule has 0 aromatic rings. The van der Waals surface area contributed by atoms with Crippen LogP contribution in [0.4, 0.5) is 0 Å². The summed E-state index contributed by atoms with van der Waals surface area (Å²) < 4.78 is 0. The molecule has 112 valence electrons. The molecule has 0 radical (unpaired) electrons. The lowest BCUT2D eigenvalue weighted by Gasteiger charge is -2.10. The van der Waals surface area contributed by atoms with Crippen molar-refractivity contribution in [1.29, 1.82) is 0 Å². The Labute approximate surface area is 119 Å². The molecule has 0 aliphatic heterocycles. The molecular formula is C17H32O2. The first-order chi connectivity index (χ1) is 9.16. The molecule has 0 spiro atoms. The van der Waals surface area contributed by atoms with Crippen LogP contribution in [-0.4, -0.2) is 11.1 Å². The van der Waals surface area contributed by atoms with E-state index >= 15 is 0 Å². The smallest absolute Gasteiger partial charge is 0.327 e. The molecule has 2 nitrogen and oxygen atoms in total. The maximum Gasteiger partial charge on any atom is 0.327 e. The number of aliphatic carboxylic acids is 1. The first kappa shape index (κ1) is 18.2. The van der Waals surface area contributed by atoms with Gasteiger partial charge in [0.1, 0.15) is 0 Å². The topological polar surface area (TPSA) is 37.3 Å². The molecule has 0 aliphatic carbocycles. The van der Waals surface area contributed by atoms with Crippen molar-refractivity contribution in [2.24, 2.45) is 5.92 Å². The lowest BCUT2D eigenvalue weighted by molar-refractivity contribution is -0.131. The normalized spacial score (nSPS) is 12.9. The third kappa shape index (κ3) is 15.2. The van der Waals surface area contributed by atoms with Gasteiger partial charge < -0.3 is 5.11 Å². The number of carboxylic acids is 1. The summed E-state index contributed by atoms with van der Waals surface area (Å²) in [6.45, 7) is 4.64. The lowest BCUT2D eigenvalue weighted by atomic mass is 9.96. The maximum atomic E-state index is 10.2. The molecule has 0 aliphatic rings. The highest BCUT2D eigenvalue weighted by Gasteiger charge is 2.01. The monoisotopic (exact) mass is 268 g/mol. The number of hydrogen-bond donors (Lipinski definition) is 1. The van der Waals surface area contributed by atoms with Crippen LogP contribution >= 0.6 is 0 Å². The molecule has 0 heterocycles. The second kappa shape index (κ2) is 13.6. The van der Waals surface area contributed by atoms with Crippen molar-refractivity contribution in [3.63, 3.8) is 0 Å². The van der Waals surface area contributed by atoms with Gasteiger partial charge in [-0.3, -0.25) is 0 Å². The van der Waals surface area contributed by atoms with E-state index in [2.05, 4.69) is 13.8 Å². The van der Waals surface area contributed by atoms with Crippen LogP contribution in [0, 0.1) is 5.92 Å². The van der Waals surface area contributed by atoms with Gasteiger partial charge in [-0.25, -0.2) is 4.79 Å². The third-order valence-electron chi connectivity index (χ3n) is 3.63. The Morgan fingerprint density at radius 3 is 2.21 bits per heavy atom. The van der Waals surface area contributed by atoms with Crippen molar-refractivity contribution in [3.05, 3.63) is 12.2 Å². The van der Waals surface area contributed by atoms with E-state index < -0.39 is 5.97 Å². The number of carbonyl (C=O) groups is 1.